The molecule has 34 heavy (non-hydrogen) atoms. The highest BCUT2D eigenvalue weighted by molar-refractivity contribution is 7.89. The lowest BCUT2D eigenvalue weighted by Gasteiger charge is -2.09. The monoisotopic (exact) mass is 477 g/mol. The van der Waals surface area contributed by atoms with Crippen LogP contribution in [0.2, 0.25) is 0 Å². The van der Waals surface area contributed by atoms with Crippen molar-refractivity contribution in [2.24, 2.45) is 5.10 Å². The predicted octanol–water partition coefficient (Wildman–Crippen LogP) is 4.10. The number of anilines is 1. The Morgan fingerprint density at radius 2 is 1.59 bits per heavy atom. The van der Waals surface area contributed by atoms with Crippen LogP contribution in [-0.2, 0) is 10.0 Å². The van der Waals surface area contributed by atoms with E-state index in [1.54, 1.807) is 48.5 Å². The van der Waals surface area contributed by atoms with Gasteiger partial charge in [0.1, 0.15) is 5.56 Å². The summed E-state index contributed by atoms with van der Waals surface area (Å²) in [5, 5.41) is 7.34. The van der Waals surface area contributed by atoms with Crippen LogP contribution >= 0.6 is 0 Å². The molecule has 0 aliphatic heterocycles. The quantitative estimate of drug-likeness (QED) is 0.406. The molecule has 2 N–H and O–H groups in total. The minimum Gasteiger partial charge on any atom is -0.493 e. The Kier molecular flexibility index (Phi) is 6.38. The van der Waals surface area contributed by atoms with Crippen molar-refractivity contribution in [2.75, 3.05) is 12.4 Å². The maximum Gasteiger partial charge on any atom is 0.276 e. The van der Waals surface area contributed by atoms with Crippen molar-refractivity contribution in [2.45, 2.75) is 18.7 Å². The normalized spacial score (nSPS) is 11.9. The third kappa shape index (κ3) is 4.94. The van der Waals surface area contributed by atoms with Gasteiger partial charge >= 0.3 is 0 Å². The smallest absolute Gasteiger partial charge is 0.276 e. The second-order valence-corrected chi connectivity index (χ2v) is 9.34. The summed E-state index contributed by atoms with van der Waals surface area (Å²) in [5.74, 6) is -0.0913. The van der Waals surface area contributed by atoms with Gasteiger partial charge in [-0.2, -0.15) is 13.2 Å². The van der Waals surface area contributed by atoms with Crippen molar-refractivity contribution < 1.29 is 22.4 Å². The number of amides is 1. The number of hydrogen-bond acceptors (Lipinski definition) is 6. The molecule has 0 fully saturated rings. The number of ether oxygens (including phenoxy) is 1. The van der Waals surface area contributed by atoms with Gasteiger partial charge in [0.05, 0.1) is 12.0 Å². The molecule has 0 radical (unpaired) electrons. The first-order chi connectivity index (χ1) is 16.3. The molecule has 0 bridgehead atoms. The fourth-order valence-electron chi connectivity index (χ4n) is 3.24. The van der Waals surface area contributed by atoms with Crippen molar-refractivity contribution in [3.8, 4) is 5.75 Å². The Hall–Kier alpha value is -4.11. The first kappa shape index (κ1) is 23.1. The van der Waals surface area contributed by atoms with Gasteiger partial charge in [0, 0.05) is 11.1 Å². The SMILES string of the molecule is COc1cccc2cc(C(=O)Nc3ccc(C)cc3)c(=NNS(=O)(=O)c3ccc(C)cc3)oc12. The number of aryl methyl sites for hydroxylation is 2. The Bertz CT molecular complexity index is 1520. The Balaban J connectivity index is 1.79. The standard InChI is InChI=1S/C25H23N3O5S/c1-16-7-11-19(12-8-16)26-24(29)21-15-18-5-4-6-22(32-3)23(18)33-25(21)27-28-34(30,31)20-13-9-17(2)10-14-20/h4-15,28H,1-3H3,(H,26,29). The number of nitrogens with zero attached hydrogens (tertiary/aromatic N) is 1. The second kappa shape index (κ2) is 9.40. The number of benzene rings is 3. The number of carbonyl (C=O) groups excluding carboxylic acids is 1. The van der Waals surface area contributed by atoms with E-state index in [0.717, 1.165) is 11.1 Å². The average Bonchev–Trinajstić information content (AvgIpc) is 2.83. The third-order valence-electron chi connectivity index (χ3n) is 5.11. The van der Waals surface area contributed by atoms with Crippen molar-refractivity contribution in [3.05, 3.63) is 95.0 Å². The highest BCUT2D eigenvalue weighted by Gasteiger charge is 2.17. The van der Waals surface area contributed by atoms with Crippen LogP contribution in [0.5, 0.6) is 5.75 Å². The molecule has 9 heteroatoms. The maximum absolute atomic E-state index is 13.1. The highest BCUT2D eigenvalue weighted by atomic mass is 32.2. The summed E-state index contributed by atoms with van der Waals surface area (Å²) in [6.07, 6.45) is 0. The molecule has 3 aromatic carbocycles. The fraction of sp³-hybridized carbons (Fsp3) is 0.120. The van der Waals surface area contributed by atoms with E-state index in [0.29, 0.717) is 22.4 Å². The Morgan fingerprint density at radius 1 is 0.941 bits per heavy atom. The molecule has 1 amide bonds. The number of fused-ring (bicyclic) bond motifs is 1. The number of methoxy groups -OCH3 is 1. The minimum atomic E-state index is -3.99. The first-order valence-corrected chi connectivity index (χ1v) is 11.9. The molecular weight excluding hydrogens is 454 g/mol. The van der Waals surface area contributed by atoms with Crippen molar-refractivity contribution in [1.29, 1.82) is 0 Å². The highest BCUT2D eigenvalue weighted by Crippen LogP contribution is 2.25. The zero-order chi connectivity index (χ0) is 24.3. The van der Waals surface area contributed by atoms with Crippen LogP contribution in [-0.4, -0.2) is 21.4 Å². The first-order valence-electron chi connectivity index (χ1n) is 10.4. The summed E-state index contributed by atoms with van der Waals surface area (Å²) in [4.78, 5) is 15.3. The molecule has 0 saturated heterocycles. The zero-order valence-corrected chi connectivity index (χ0v) is 19.6. The van der Waals surface area contributed by atoms with E-state index in [1.807, 2.05) is 26.0 Å². The van der Waals surface area contributed by atoms with E-state index in [-0.39, 0.29) is 16.0 Å². The van der Waals surface area contributed by atoms with Gasteiger partial charge in [-0.3, -0.25) is 4.79 Å². The van der Waals surface area contributed by atoms with Crippen LogP contribution < -0.4 is 20.4 Å². The summed E-state index contributed by atoms with van der Waals surface area (Å²) in [6, 6.07) is 20.4. The Morgan fingerprint density at radius 3 is 2.24 bits per heavy atom. The molecule has 0 spiro atoms. The van der Waals surface area contributed by atoms with Crippen LogP contribution in [0, 0.1) is 13.8 Å². The van der Waals surface area contributed by atoms with Gasteiger partial charge in [-0.05, 0) is 50.2 Å². The summed E-state index contributed by atoms with van der Waals surface area (Å²) < 4.78 is 36.7. The number of rotatable bonds is 6. The molecule has 0 aliphatic carbocycles. The van der Waals surface area contributed by atoms with E-state index in [1.165, 1.54) is 19.2 Å². The van der Waals surface area contributed by atoms with Crippen LogP contribution in [0.3, 0.4) is 0 Å². The number of carbonyl (C=O) groups is 1. The average molecular weight is 478 g/mol. The lowest BCUT2D eigenvalue weighted by Crippen LogP contribution is -2.27. The van der Waals surface area contributed by atoms with Gasteiger partial charge < -0.3 is 14.5 Å². The summed E-state index contributed by atoms with van der Waals surface area (Å²) >= 11 is 0. The summed E-state index contributed by atoms with van der Waals surface area (Å²) in [5.41, 5.74) is 2.71. The van der Waals surface area contributed by atoms with Gasteiger partial charge in [0.2, 0.25) is 5.55 Å². The molecule has 1 aromatic heterocycles. The van der Waals surface area contributed by atoms with Crippen LogP contribution in [0.4, 0.5) is 5.69 Å². The van der Waals surface area contributed by atoms with Gasteiger partial charge in [-0.15, -0.1) is 5.10 Å². The second-order valence-electron chi connectivity index (χ2n) is 7.68. The van der Waals surface area contributed by atoms with Crippen molar-refractivity contribution >= 4 is 32.6 Å². The van der Waals surface area contributed by atoms with Crippen molar-refractivity contribution in [3.63, 3.8) is 0 Å². The molecule has 0 saturated carbocycles. The van der Waals surface area contributed by atoms with Gasteiger partial charge in [0.15, 0.2) is 11.3 Å². The number of para-hydroxylation sites is 1. The summed E-state index contributed by atoms with van der Waals surface area (Å²) in [6.45, 7) is 3.80. The number of sulfonamides is 1. The lowest BCUT2D eigenvalue weighted by atomic mass is 10.1. The summed E-state index contributed by atoms with van der Waals surface area (Å²) in [7, 11) is -2.50. The molecule has 174 valence electrons. The van der Waals surface area contributed by atoms with E-state index >= 15 is 0 Å². The number of hydrogen-bond donors (Lipinski definition) is 2. The van der Waals surface area contributed by atoms with Crippen molar-refractivity contribution in [1.82, 2.24) is 4.83 Å². The molecule has 1 heterocycles. The molecular formula is C25H23N3O5S. The van der Waals surface area contributed by atoms with Gasteiger partial charge in [-0.25, -0.2) is 0 Å². The molecule has 4 rings (SSSR count). The molecule has 4 aromatic rings. The van der Waals surface area contributed by atoms with E-state index < -0.39 is 15.9 Å². The van der Waals surface area contributed by atoms with E-state index in [4.69, 9.17) is 9.15 Å². The van der Waals surface area contributed by atoms with Crippen LogP contribution in [0.25, 0.3) is 11.0 Å². The topological polar surface area (TPSA) is 110 Å². The minimum absolute atomic E-state index is 0.0332. The van der Waals surface area contributed by atoms with Gasteiger partial charge in [-0.1, -0.05) is 47.5 Å². The third-order valence-corrected chi connectivity index (χ3v) is 6.34. The van der Waals surface area contributed by atoms with Gasteiger partial charge in [0.25, 0.3) is 15.9 Å². The van der Waals surface area contributed by atoms with Crippen LogP contribution in [0.1, 0.15) is 21.5 Å². The largest absolute Gasteiger partial charge is 0.493 e. The molecule has 0 unspecified atom stereocenters. The van der Waals surface area contributed by atoms with Crippen LogP contribution in [0.15, 0.2) is 87.2 Å². The zero-order valence-electron chi connectivity index (χ0n) is 18.8. The van der Waals surface area contributed by atoms with E-state index in [9.17, 15) is 13.2 Å². The fourth-order valence-corrected chi connectivity index (χ4v) is 4.04. The Labute approximate surface area is 196 Å². The lowest BCUT2D eigenvalue weighted by molar-refractivity contribution is 0.102. The van der Waals surface area contributed by atoms with E-state index in [2.05, 4.69) is 15.2 Å². The number of nitrogens with one attached hydrogen (secondary N) is 2. The molecule has 0 atom stereocenters. The predicted molar refractivity (Wildman–Crippen MR) is 129 cm³/mol. The maximum atomic E-state index is 13.1. The molecule has 8 nitrogen and oxygen atoms in total. The molecule has 0 aliphatic rings.